The fourth-order valence-electron chi connectivity index (χ4n) is 2.65. The Hall–Kier alpha value is -1.50. The van der Waals surface area contributed by atoms with Gasteiger partial charge in [0.25, 0.3) is 0 Å². The lowest BCUT2D eigenvalue weighted by atomic mass is 10.1. The monoisotopic (exact) mass is 336 g/mol. The van der Waals surface area contributed by atoms with Crippen molar-refractivity contribution in [1.29, 1.82) is 0 Å². The maximum absolute atomic E-state index is 13.0. The van der Waals surface area contributed by atoms with Crippen LogP contribution in [0.3, 0.4) is 0 Å². The molecule has 1 N–H and O–H groups in total. The molecule has 0 unspecified atom stereocenters. The molecule has 0 aliphatic carbocycles. The van der Waals surface area contributed by atoms with Gasteiger partial charge in [-0.15, -0.1) is 0 Å². The smallest absolute Gasteiger partial charge is 0.243 e. The predicted molar refractivity (Wildman–Crippen MR) is 91.8 cm³/mol. The van der Waals surface area contributed by atoms with Crippen LogP contribution in [0.1, 0.15) is 31.7 Å². The molecule has 0 spiro atoms. The Morgan fingerprint density at radius 1 is 1.17 bits per heavy atom. The van der Waals surface area contributed by atoms with Crippen molar-refractivity contribution in [3.8, 4) is 0 Å². The lowest BCUT2D eigenvalue weighted by Crippen LogP contribution is -2.34. The van der Waals surface area contributed by atoms with Crippen LogP contribution in [0, 0.1) is 6.92 Å². The Morgan fingerprint density at radius 2 is 1.96 bits per heavy atom. The first-order chi connectivity index (χ1) is 11.0. The SMILES string of the molecule is CCCCCN(CCO)S(=O)(=O)c1ccc(C)c2ncccc12. The molecule has 1 heterocycles. The maximum atomic E-state index is 13.0. The minimum atomic E-state index is -3.65. The van der Waals surface area contributed by atoms with E-state index in [4.69, 9.17) is 0 Å². The van der Waals surface area contributed by atoms with E-state index in [2.05, 4.69) is 11.9 Å². The second kappa shape index (κ2) is 7.86. The van der Waals surface area contributed by atoms with E-state index in [9.17, 15) is 13.5 Å². The van der Waals surface area contributed by atoms with Crippen LogP contribution in [0.15, 0.2) is 35.4 Å². The Labute approximate surface area is 138 Å². The van der Waals surface area contributed by atoms with Gasteiger partial charge in [-0.2, -0.15) is 4.31 Å². The number of sulfonamides is 1. The summed E-state index contributed by atoms with van der Waals surface area (Å²) in [6.45, 7) is 4.34. The highest BCUT2D eigenvalue weighted by Crippen LogP contribution is 2.27. The highest BCUT2D eigenvalue weighted by molar-refractivity contribution is 7.89. The Balaban J connectivity index is 2.46. The summed E-state index contributed by atoms with van der Waals surface area (Å²) in [4.78, 5) is 4.56. The van der Waals surface area contributed by atoms with E-state index < -0.39 is 10.0 Å². The molecule has 1 aromatic carbocycles. The van der Waals surface area contributed by atoms with Crippen molar-refractivity contribution < 1.29 is 13.5 Å². The molecular formula is C17H24N2O3S. The lowest BCUT2D eigenvalue weighted by molar-refractivity contribution is 0.252. The number of benzene rings is 1. The van der Waals surface area contributed by atoms with Gasteiger partial charge in [0.2, 0.25) is 10.0 Å². The summed E-state index contributed by atoms with van der Waals surface area (Å²) in [5.74, 6) is 0. The summed E-state index contributed by atoms with van der Waals surface area (Å²) in [6.07, 6.45) is 4.44. The van der Waals surface area contributed by atoms with Crippen LogP contribution in [0.25, 0.3) is 10.9 Å². The predicted octanol–water partition coefficient (Wildman–Crippen LogP) is 2.72. The van der Waals surface area contributed by atoms with Gasteiger partial charge in [-0.25, -0.2) is 8.42 Å². The lowest BCUT2D eigenvalue weighted by Gasteiger charge is -2.22. The van der Waals surface area contributed by atoms with E-state index >= 15 is 0 Å². The third-order valence-corrected chi connectivity index (χ3v) is 5.87. The Kier molecular flexibility index (Phi) is 6.10. The molecule has 0 aliphatic heterocycles. The number of hydrogen-bond donors (Lipinski definition) is 1. The molecule has 126 valence electrons. The van der Waals surface area contributed by atoms with Gasteiger partial charge >= 0.3 is 0 Å². The first kappa shape index (κ1) is 17.8. The third kappa shape index (κ3) is 3.88. The molecule has 0 amide bonds. The summed E-state index contributed by atoms with van der Waals surface area (Å²) in [5.41, 5.74) is 1.64. The van der Waals surface area contributed by atoms with E-state index in [1.54, 1.807) is 30.5 Å². The number of aliphatic hydroxyl groups is 1. The van der Waals surface area contributed by atoms with Gasteiger partial charge in [0.1, 0.15) is 0 Å². The number of aromatic nitrogens is 1. The quantitative estimate of drug-likeness (QED) is 0.753. The van der Waals surface area contributed by atoms with E-state index in [0.717, 1.165) is 24.8 Å². The number of hydrogen-bond acceptors (Lipinski definition) is 4. The first-order valence-electron chi connectivity index (χ1n) is 7.97. The van der Waals surface area contributed by atoms with Crippen LogP contribution in [0.4, 0.5) is 0 Å². The average Bonchev–Trinajstić information content (AvgIpc) is 2.54. The van der Waals surface area contributed by atoms with E-state index in [1.165, 1.54) is 4.31 Å². The second-order valence-electron chi connectivity index (χ2n) is 5.61. The Morgan fingerprint density at radius 3 is 2.65 bits per heavy atom. The molecule has 0 saturated carbocycles. The molecule has 6 heteroatoms. The molecule has 0 bridgehead atoms. The van der Waals surface area contributed by atoms with Crippen LogP contribution >= 0.6 is 0 Å². The molecule has 23 heavy (non-hydrogen) atoms. The molecule has 0 fully saturated rings. The van der Waals surface area contributed by atoms with Crippen molar-refractivity contribution in [2.75, 3.05) is 19.7 Å². The minimum absolute atomic E-state index is 0.113. The number of fused-ring (bicyclic) bond motifs is 1. The number of aliphatic hydroxyl groups excluding tert-OH is 1. The van der Waals surface area contributed by atoms with Crippen molar-refractivity contribution in [2.45, 2.75) is 38.0 Å². The highest BCUT2D eigenvalue weighted by Gasteiger charge is 2.26. The summed E-state index contributed by atoms with van der Waals surface area (Å²) >= 11 is 0. The Bertz CT molecular complexity index is 760. The standard InChI is InChI=1S/C17H24N2O3S/c1-3-4-5-11-19(12-13-20)23(21,22)16-9-8-14(2)17-15(16)7-6-10-18-17/h6-10,20H,3-5,11-13H2,1-2H3. The third-order valence-electron chi connectivity index (χ3n) is 3.91. The molecule has 2 aromatic rings. The topological polar surface area (TPSA) is 70.5 Å². The van der Waals surface area contributed by atoms with Crippen molar-refractivity contribution in [2.24, 2.45) is 0 Å². The summed E-state index contributed by atoms with van der Waals surface area (Å²) < 4.78 is 27.4. The van der Waals surface area contributed by atoms with Crippen molar-refractivity contribution in [3.05, 3.63) is 36.0 Å². The summed E-state index contributed by atoms with van der Waals surface area (Å²) in [7, 11) is -3.65. The van der Waals surface area contributed by atoms with Crippen molar-refractivity contribution in [1.82, 2.24) is 9.29 Å². The normalized spacial score (nSPS) is 12.2. The number of unbranched alkanes of at least 4 members (excludes halogenated alkanes) is 2. The highest BCUT2D eigenvalue weighted by atomic mass is 32.2. The van der Waals surface area contributed by atoms with E-state index in [0.29, 0.717) is 17.4 Å². The average molecular weight is 336 g/mol. The zero-order valence-corrected chi connectivity index (χ0v) is 14.5. The van der Waals surface area contributed by atoms with Crippen molar-refractivity contribution >= 4 is 20.9 Å². The largest absolute Gasteiger partial charge is 0.395 e. The van der Waals surface area contributed by atoms with Crippen LogP contribution in [0.2, 0.25) is 0 Å². The molecule has 1 aromatic heterocycles. The van der Waals surface area contributed by atoms with Gasteiger partial charge < -0.3 is 5.11 Å². The molecule has 5 nitrogen and oxygen atoms in total. The number of rotatable bonds is 8. The second-order valence-corrected chi connectivity index (χ2v) is 7.52. The van der Waals surface area contributed by atoms with Crippen LogP contribution in [-0.4, -0.2) is 42.5 Å². The van der Waals surface area contributed by atoms with Gasteiger partial charge in [0, 0.05) is 24.7 Å². The van der Waals surface area contributed by atoms with E-state index in [-0.39, 0.29) is 18.0 Å². The summed E-state index contributed by atoms with van der Waals surface area (Å²) in [6, 6.07) is 6.95. The molecule has 0 radical (unpaired) electrons. The molecule has 0 atom stereocenters. The number of aryl methyl sites for hydroxylation is 1. The van der Waals surface area contributed by atoms with Crippen LogP contribution in [-0.2, 0) is 10.0 Å². The number of pyridine rings is 1. The fourth-order valence-corrected chi connectivity index (χ4v) is 4.31. The van der Waals surface area contributed by atoms with Gasteiger partial charge in [0.05, 0.1) is 17.0 Å². The summed E-state index contributed by atoms with van der Waals surface area (Å²) in [5, 5.41) is 9.87. The van der Waals surface area contributed by atoms with Crippen molar-refractivity contribution in [3.63, 3.8) is 0 Å². The maximum Gasteiger partial charge on any atom is 0.243 e. The van der Waals surface area contributed by atoms with Crippen LogP contribution in [0.5, 0.6) is 0 Å². The molecular weight excluding hydrogens is 312 g/mol. The van der Waals surface area contributed by atoms with Gasteiger partial charge in [-0.05, 0) is 37.1 Å². The molecule has 2 rings (SSSR count). The first-order valence-corrected chi connectivity index (χ1v) is 9.41. The zero-order valence-electron chi connectivity index (χ0n) is 13.7. The number of nitrogens with zero attached hydrogens (tertiary/aromatic N) is 2. The van der Waals surface area contributed by atoms with Gasteiger partial charge in [0.15, 0.2) is 0 Å². The minimum Gasteiger partial charge on any atom is -0.395 e. The van der Waals surface area contributed by atoms with Gasteiger partial charge in [-0.1, -0.05) is 25.8 Å². The van der Waals surface area contributed by atoms with E-state index in [1.807, 2.05) is 6.92 Å². The fraction of sp³-hybridized carbons (Fsp3) is 0.471. The van der Waals surface area contributed by atoms with Gasteiger partial charge in [-0.3, -0.25) is 4.98 Å². The molecule has 0 saturated heterocycles. The zero-order chi connectivity index (χ0) is 16.9. The molecule has 0 aliphatic rings. The van der Waals surface area contributed by atoms with Crippen LogP contribution < -0.4 is 0 Å².